The third kappa shape index (κ3) is 3.54. The van der Waals surface area contributed by atoms with Crippen LogP contribution in [-0.4, -0.2) is 9.97 Å². The number of fused-ring (bicyclic) bond motifs is 2. The predicted octanol–water partition coefficient (Wildman–Crippen LogP) is 5.77. The molecule has 0 atom stereocenters. The van der Waals surface area contributed by atoms with E-state index in [9.17, 15) is 0 Å². The fourth-order valence-electron chi connectivity index (χ4n) is 3.97. The molecule has 2 heterocycles. The first-order valence-electron chi connectivity index (χ1n) is 10.0. The van der Waals surface area contributed by atoms with Crippen LogP contribution >= 0.6 is 0 Å². The minimum absolute atomic E-state index is 0.496. The van der Waals surface area contributed by atoms with Crippen molar-refractivity contribution >= 4 is 23.3 Å². The predicted molar refractivity (Wildman–Crippen MR) is 115 cm³/mol. The fourth-order valence-corrected chi connectivity index (χ4v) is 3.97. The molecule has 4 heteroatoms. The minimum Gasteiger partial charge on any atom is -0.472 e. The average molecular weight is 382 g/mol. The SMILES string of the molecule is Cc1nc(OCc2ccccc2)c(C=Cc2nc3ccccc3o2)c2c1CCC2. The van der Waals surface area contributed by atoms with E-state index in [2.05, 4.69) is 24.0 Å². The lowest BCUT2D eigenvalue weighted by molar-refractivity contribution is 0.292. The molecule has 29 heavy (non-hydrogen) atoms. The lowest BCUT2D eigenvalue weighted by Crippen LogP contribution is -2.04. The number of rotatable bonds is 5. The van der Waals surface area contributed by atoms with E-state index in [1.807, 2.05) is 54.6 Å². The molecule has 0 radical (unpaired) electrons. The van der Waals surface area contributed by atoms with Crippen LogP contribution in [-0.2, 0) is 19.4 Å². The van der Waals surface area contributed by atoms with E-state index in [1.54, 1.807) is 0 Å². The normalized spacial score (nSPS) is 13.3. The number of ether oxygens (including phenoxy) is 1. The van der Waals surface area contributed by atoms with Crippen molar-refractivity contribution in [3.8, 4) is 5.88 Å². The van der Waals surface area contributed by atoms with Crippen molar-refractivity contribution in [3.05, 3.63) is 88.4 Å². The second-order valence-corrected chi connectivity index (χ2v) is 7.35. The van der Waals surface area contributed by atoms with Crippen molar-refractivity contribution < 1.29 is 9.15 Å². The van der Waals surface area contributed by atoms with Gasteiger partial charge in [0.05, 0.1) is 0 Å². The van der Waals surface area contributed by atoms with E-state index in [0.29, 0.717) is 18.4 Å². The molecular formula is C25H22N2O2. The van der Waals surface area contributed by atoms with Crippen molar-refractivity contribution in [2.75, 3.05) is 0 Å². The topological polar surface area (TPSA) is 48.2 Å². The Balaban J connectivity index is 1.50. The largest absolute Gasteiger partial charge is 0.472 e. The molecule has 1 aliphatic rings. The first kappa shape index (κ1) is 17.7. The number of aryl methyl sites for hydroxylation is 1. The molecule has 2 aromatic heterocycles. The van der Waals surface area contributed by atoms with E-state index < -0.39 is 0 Å². The summed E-state index contributed by atoms with van der Waals surface area (Å²) in [6.07, 6.45) is 7.25. The fraction of sp³-hybridized carbons (Fsp3) is 0.200. The number of pyridine rings is 1. The summed E-state index contributed by atoms with van der Waals surface area (Å²) < 4.78 is 12.0. The van der Waals surface area contributed by atoms with Gasteiger partial charge in [0, 0.05) is 17.3 Å². The van der Waals surface area contributed by atoms with Gasteiger partial charge in [0.2, 0.25) is 11.8 Å². The van der Waals surface area contributed by atoms with Gasteiger partial charge in [-0.3, -0.25) is 0 Å². The third-order valence-corrected chi connectivity index (χ3v) is 5.40. The maximum Gasteiger partial charge on any atom is 0.221 e. The first-order chi connectivity index (χ1) is 14.3. The molecular weight excluding hydrogens is 360 g/mol. The summed E-state index contributed by atoms with van der Waals surface area (Å²) in [7, 11) is 0. The summed E-state index contributed by atoms with van der Waals surface area (Å²) in [5.41, 5.74) is 7.59. The lowest BCUT2D eigenvalue weighted by atomic mass is 10.0. The summed E-state index contributed by atoms with van der Waals surface area (Å²) in [6, 6.07) is 18.0. The highest BCUT2D eigenvalue weighted by molar-refractivity contribution is 5.77. The quantitative estimate of drug-likeness (QED) is 0.440. The highest BCUT2D eigenvalue weighted by atomic mass is 16.5. The lowest BCUT2D eigenvalue weighted by Gasteiger charge is -2.14. The standard InChI is InChI=1S/C25H22N2O2/c1-17-19-10-7-11-20(19)21(25(26-17)28-16-18-8-3-2-4-9-18)14-15-24-27-22-12-5-6-13-23(22)29-24/h2-6,8-9,12-15H,7,10-11,16H2,1H3. The van der Waals surface area contributed by atoms with Crippen LogP contribution in [0.15, 0.2) is 59.0 Å². The van der Waals surface area contributed by atoms with Crippen LogP contribution < -0.4 is 4.74 Å². The van der Waals surface area contributed by atoms with E-state index >= 15 is 0 Å². The molecule has 144 valence electrons. The van der Waals surface area contributed by atoms with Gasteiger partial charge in [-0.1, -0.05) is 42.5 Å². The highest BCUT2D eigenvalue weighted by Gasteiger charge is 2.21. The Labute approximate surface area is 169 Å². The molecule has 2 aromatic carbocycles. The van der Waals surface area contributed by atoms with Crippen LogP contribution in [0.1, 0.15) is 40.3 Å². The molecule has 0 bridgehead atoms. The van der Waals surface area contributed by atoms with Gasteiger partial charge in [-0.25, -0.2) is 9.97 Å². The van der Waals surface area contributed by atoms with E-state index in [0.717, 1.165) is 47.2 Å². The van der Waals surface area contributed by atoms with Crippen LogP contribution in [0.25, 0.3) is 23.3 Å². The van der Waals surface area contributed by atoms with Gasteiger partial charge < -0.3 is 9.15 Å². The Morgan fingerprint density at radius 1 is 0.931 bits per heavy atom. The monoisotopic (exact) mass is 382 g/mol. The molecule has 0 spiro atoms. The van der Waals surface area contributed by atoms with Crippen molar-refractivity contribution in [1.82, 2.24) is 9.97 Å². The summed E-state index contributed by atoms with van der Waals surface area (Å²) in [4.78, 5) is 9.34. The number of hydrogen-bond acceptors (Lipinski definition) is 4. The second-order valence-electron chi connectivity index (χ2n) is 7.35. The molecule has 0 aliphatic heterocycles. The van der Waals surface area contributed by atoms with Gasteiger partial charge in [0.15, 0.2) is 5.58 Å². The van der Waals surface area contributed by atoms with Gasteiger partial charge in [-0.15, -0.1) is 0 Å². The van der Waals surface area contributed by atoms with Crippen LogP contribution in [0, 0.1) is 6.92 Å². The summed E-state index contributed by atoms with van der Waals surface area (Å²) >= 11 is 0. The van der Waals surface area contributed by atoms with Crippen LogP contribution in [0.5, 0.6) is 5.88 Å². The van der Waals surface area contributed by atoms with Crippen LogP contribution in [0.3, 0.4) is 0 Å². The smallest absolute Gasteiger partial charge is 0.221 e. The van der Waals surface area contributed by atoms with E-state index in [1.165, 1.54) is 11.1 Å². The molecule has 0 amide bonds. The van der Waals surface area contributed by atoms with Crippen molar-refractivity contribution in [3.63, 3.8) is 0 Å². The van der Waals surface area contributed by atoms with Crippen molar-refractivity contribution in [1.29, 1.82) is 0 Å². The summed E-state index contributed by atoms with van der Waals surface area (Å²) in [5, 5.41) is 0. The molecule has 0 N–H and O–H groups in total. The molecule has 0 unspecified atom stereocenters. The maximum absolute atomic E-state index is 6.16. The molecule has 0 fully saturated rings. The molecule has 0 saturated heterocycles. The van der Waals surface area contributed by atoms with Crippen LogP contribution in [0.4, 0.5) is 0 Å². The highest BCUT2D eigenvalue weighted by Crippen LogP contribution is 2.34. The molecule has 5 rings (SSSR count). The molecule has 1 aliphatic carbocycles. The summed E-state index contributed by atoms with van der Waals surface area (Å²) in [5.74, 6) is 1.27. The number of oxazole rings is 1. The third-order valence-electron chi connectivity index (χ3n) is 5.40. The Bertz CT molecular complexity index is 1160. The molecule has 0 saturated carbocycles. The number of nitrogens with zero attached hydrogens (tertiary/aromatic N) is 2. The number of benzene rings is 2. The number of aromatic nitrogens is 2. The van der Waals surface area contributed by atoms with Crippen molar-refractivity contribution in [2.45, 2.75) is 32.8 Å². The maximum atomic E-state index is 6.16. The zero-order chi connectivity index (χ0) is 19.6. The first-order valence-corrected chi connectivity index (χ1v) is 10.0. The zero-order valence-electron chi connectivity index (χ0n) is 16.4. The Kier molecular flexibility index (Phi) is 4.60. The van der Waals surface area contributed by atoms with Gasteiger partial charge in [0.1, 0.15) is 12.1 Å². The average Bonchev–Trinajstić information content (AvgIpc) is 3.39. The van der Waals surface area contributed by atoms with Crippen LogP contribution in [0.2, 0.25) is 0 Å². The van der Waals surface area contributed by atoms with Gasteiger partial charge in [-0.2, -0.15) is 0 Å². The van der Waals surface area contributed by atoms with Gasteiger partial charge in [0.25, 0.3) is 0 Å². The minimum atomic E-state index is 0.496. The Hall–Kier alpha value is -3.40. The number of hydrogen-bond donors (Lipinski definition) is 0. The van der Waals surface area contributed by atoms with Gasteiger partial charge >= 0.3 is 0 Å². The Morgan fingerprint density at radius 3 is 2.59 bits per heavy atom. The molecule has 4 nitrogen and oxygen atoms in total. The molecule has 4 aromatic rings. The van der Waals surface area contributed by atoms with E-state index in [-0.39, 0.29) is 0 Å². The van der Waals surface area contributed by atoms with Crippen molar-refractivity contribution in [2.24, 2.45) is 0 Å². The van der Waals surface area contributed by atoms with E-state index in [4.69, 9.17) is 14.1 Å². The zero-order valence-corrected chi connectivity index (χ0v) is 16.4. The Morgan fingerprint density at radius 2 is 1.72 bits per heavy atom. The summed E-state index contributed by atoms with van der Waals surface area (Å²) in [6.45, 7) is 2.57. The van der Waals surface area contributed by atoms with Gasteiger partial charge in [-0.05, 0) is 61.1 Å². The number of para-hydroxylation sites is 2. The second kappa shape index (κ2) is 7.55.